The van der Waals surface area contributed by atoms with Gasteiger partial charge >= 0.3 is 0 Å². The maximum atomic E-state index is 2.68. The molecule has 1 fully saturated rings. The fourth-order valence-corrected chi connectivity index (χ4v) is 0.508. The summed E-state index contributed by atoms with van der Waals surface area (Å²) in [5.41, 5.74) is 0. The quantitative estimate of drug-likeness (QED) is 0.343. The van der Waals surface area contributed by atoms with Crippen molar-refractivity contribution in [2.45, 2.75) is 70.2 Å². The third kappa shape index (κ3) is 37.8. The molecule has 1 aliphatic carbocycles. The smallest absolute Gasteiger partial charge is 0.00271 e. The van der Waals surface area contributed by atoms with Gasteiger partial charge in [0.2, 0.25) is 0 Å². The molecule has 1 rings (SSSR count). The van der Waals surface area contributed by atoms with E-state index in [4.69, 9.17) is 0 Å². The molecule has 0 aromatic carbocycles. The predicted molar refractivity (Wildman–Crippen MR) is 82.8 cm³/mol. The SMILES string of the molecule is C.C.C.CC#CC.CC1CC1C.CC=CC. The normalized spacial score (nSPS) is 18.6. The Balaban J connectivity index is -0.0000000350. The van der Waals surface area contributed by atoms with Gasteiger partial charge in [0.15, 0.2) is 0 Å². The zero-order valence-corrected chi connectivity index (χ0v) is 10.0. The highest BCUT2D eigenvalue weighted by Crippen LogP contribution is 2.36. The first-order chi connectivity index (χ1) is 6.13. The van der Waals surface area contributed by atoms with E-state index in [1.54, 1.807) is 0 Å². The average molecular weight is 228 g/mol. The van der Waals surface area contributed by atoms with E-state index in [0.29, 0.717) is 0 Å². The van der Waals surface area contributed by atoms with Gasteiger partial charge in [0.05, 0.1) is 0 Å². The molecule has 2 unspecified atom stereocenters. The Labute approximate surface area is 107 Å². The van der Waals surface area contributed by atoms with Crippen LogP contribution in [0.5, 0.6) is 0 Å². The molecule has 0 N–H and O–H groups in total. The summed E-state index contributed by atoms with van der Waals surface area (Å²) in [5.74, 6) is 7.46. The number of allylic oxidation sites excluding steroid dienone is 2. The lowest BCUT2D eigenvalue weighted by atomic mass is 10.4. The molecule has 1 saturated carbocycles. The molecule has 0 heteroatoms. The molecule has 0 nitrogen and oxygen atoms in total. The van der Waals surface area contributed by atoms with Crippen LogP contribution in [0.15, 0.2) is 12.2 Å². The molecule has 2 atom stereocenters. The van der Waals surface area contributed by atoms with Crippen molar-refractivity contribution < 1.29 is 0 Å². The Kier molecular flexibility index (Phi) is 43.9. The highest BCUT2D eigenvalue weighted by molar-refractivity contribution is 4.89. The summed E-state index contributed by atoms with van der Waals surface area (Å²) in [4.78, 5) is 0. The van der Waals surface area contributed by atoms with Crippen molar-refractivity contribution in [3.8, 4) is 11.8 Å². The monoisotopic (exact) mass is 228 g/mol. The first-order valence-corrected chi connectivity index (χ1v) is 5.04. The first kappa shape index (κ1) is 29.5. The van der Waals surface area contributed by atoms with E-state index < -0.39 is 0 Å². The topological polar surface area (TPSA) is 0 Å². The van der Waals surface area contributed by atoms with Crippen LogP contribution in [0.4, 0.5) is 0 Å². The van der Waals surface area contributed by atoms with Gasteiger partial charge in [-0.2, -0.15) is 0 Å². The van der Waals surface area contributed by atoms with Crippen molar-refractivity contribution >= 4 is 0 Å². The number of hydrogen-bond donors (Lipinski definition) is 0. The summed E-state index contributed by atoms with van der Waals surface area (Å²) in [6.07, 6.45) is 5.47. The lowest BCUT2D eigenvalue weighted by molar-refractivity contribution is 0.834. The Morgan fingerprint density at radius 3 is 1.00 bits per heavy atom. The highest BCUT2D eigenvalue weighted by Gasteiger charge is 2.26. The van der Waals surface area contributed by atoms with Crippen molar-refractivity contribution in [1.29, 1.82) is 0 Å². The minimum absolute atomic E-state index is 0. The maximum absolute atomic E-state index is 2.68. The van der Waals surface area contributed by atoms with Crippen molar-refractivity contribution in [2.24, 2.45) is 11.8 Å². The second-order valence-corrected chi connectivity index (χ2v) is 3.36. The van der Waals surface area contributed by atoms with E-state index in [1.165, 1.54) is 6.42 Å². The largest absolute Gasteiger partial charge is 0.107 e. The van der Waals surface area contributed by atoms with Crippen LogP contribution in [0.3, 0.4) is 0 Å². The van der Waals surface area contributed by atoms with E-state index in [1.807, 2.05) is 39.8 Å². The van der Waals surface area contributed by atoms with E-state index in [9.17, 15) is 0 Å². The van der Waals surface area contributed by atoms with Gasteiger partial charge in [0.1, 0.15) is 0 Å². The molecule has 0 amide bonds. The number of hydrogen-bond acceptors (Lipinski definition) is 0. The molecular weight excluding hydrogens is 192 g/mol. The third-order valence-corrected chi connectivity index (χ3v) is 2.10. The zero-order valence-electron chi connectivity index (χ0n) is 10.0. The third-order valence-electron chi connectivity index (χ3n) is 2.10. The van der Waals surface area contributed by atoms with Crippen molar-refractivity contribution in [1.82, 2.24) is 0 Å². The van der Waals surface area contributed by atoms with Gasteiger partial charge < -0.3 is 0 Å². The van der Waals surface area contributed by atoms with Crippen LogP contribution in [0.1, 0.15) is 70.2 Å². The molecule has 0 aromatic rings. The highest BCUT2D eigenvalue weighted by atomic mass is 14.3. The molecule has 0 radical (unpaired) electrons. The first-order valence-electron chi connectivity index (χ1n) is 5.04. The Bertz CT molecular complexity index is 150. The van der Waals surface area contributed by atoms with E-state index in [2.05, 4.69) is 25.7 Å². The van der Waals surface area contributed by atoms with Gasteiger partial charge in [0, 0.05) is 0 Å². The minimum Gasteiger partial charge on any atom is -0.107 e. The van der Waals surface area contributed by atoms with Gasteiger partial charge in [0.25, 0.3) is 0 Å². The van der Waals surface area contributed by atoms with Gasteiger partial charge in [-0.25, -0.2) is 0 Å². The Morgan fingerprint density at radius 2 is 1.00 bits per heavy atom. The summed E-state index contributed by atoms with van der Waals surface area (Å²) in [6, 6.07) is 0. The van der Waals surface area contributed by atoms with Crippen LogP contribution < -0.4 is 0 Å². The summed E-state index contributed by atoms with van der Waals surface area (Å²) >= 11 is 0. The molecule has 1 aliphatic rings. The molecule has 100 valence electrons. The van der Waals surface area contributed by atoms with Crippen LogP contribution in [0.25, 0.3) is 0 Å². The molecule has 0 heterocycles. The lowest BCUT2D eigenvalue weighted by Crippen LogP contribution is -1.58. The molecule has 0 spiro atoms. The predicted octanol–water partition coefficient (Wildman–Crippen LogP) is 6.18. The van der Waals surface area contributed by atoms with Crippen molar-refractivity contribution in [3.63, 3.8) is 0 Å². The molecule has 0 aromatic heterocycles. The Hall–Kier alpha value is -0.700. The van der Waals surface area contributed by atoms with Crippen molar-refractivity contribution in [3.05, 3.63) is 12.2 Å². The molecule has 16 heavy (non-hydrogen) atoms. The molecular formula is C16H36. The van der Waals surface area contributed by atoms with Gasteiger partial charge in [-0.05, 0) is 46.0 Å². The summed E-state index contributed by atoms with van der Waals surface area (Å²) < 4.78 is 0. The lowest BCUT2D eigenvalue weighted by Gasteiger charge is -1.66. The van der Waals surface area contributed by atoms with Crippen molar-refractivity contribution in [2.75, 3.05) is 0 Å². The average Bonchev–Trinajstić information content (AvgIpc) is 2.80. The molecule has 0 saturated heterocycles. The second-order valence-electron chi connectivity index (χ2n) is 3.36. The molecule has 0 aliphatic heterocycles. The van der Waals surface area contributed by atoms with E-state index in [0.717, 1.165) is 11.8 Å². The van der Waals surface area contributed by atoms with Crippen LogP contribution in [-0.2, 0) is 0 Å². The fourth-order valence-electron chi connectivity index (χ4n) is 0.508. The summed E-state index contributed by atoms with van der Waals surface area (Å²) in [7, 11) is 0. The zero-order chi connectivity index (χ0) is 10.7. The van der Waals surface area contributed by atoms with Crippen LogP contribution in [0, 0.1) is 23.7 Å². The maximum Gasteiger partial charge on any atom is -0.00271 e. The minimum atomic E-state index is 0. The second kappa shape index (κ2) is 23.8. The van der Waals surface area contributed by atoms with Crippen LogP contribution in [-0.4, -0.2) is 0 Å². The molecule has 0 bridgehead atoms. The van der Waals surface area contributed by atoms with Gasteiger partial charge in [-0.3, -0.25) is 0 Å². The van der Waals surface area contributed by atoms with E-state index in [-0.39, 0.29) is 22.3 Å². The number of rotatable bonds is 0. The van der Waals surface area contributed by atoms with Crippen LogP contribution >= 0.6 is 0 Å². The fraction of sp³-hybridized carbons (Fsp3) is 0.750. The van der Waals surface area contributed by atoms with Gasteiger partial charge in [-0.1, -0.05) is 48.3 Å². The Morgan fingerprint density at radius 1 is 0.812 bits per heavy atom. The summed E-state index contributed by atoms with van der Waals surface area (Å²) in [6.45, 7) is 12.2. The van der Waals surface area contributed by atoms with Gasteiger partial charge in [-0.15, -0.1) is 11.8 Å². The summed E-state index contributed by atoms with van der Waals surface area (Å²) in [5, 5.41) is 0. The van der Waals surface area contributed by atoms with E-state index >= 15 is 0 Å². The standard InChI is InChI=1S/C5H10.C4H8.C4H6.3CH4/c1-4-3-5(4)2;2*1-3-4-2;;;/h4-5H,3H2,1-2H3;3-4H,1-2H3;1-2H3;3*1H4. The van der Waals surface area contributed by atoms with Crippen LogP contribution in [0.2, 0.25) is 0 Å².